The number of carbonyl (C=O) groups excluding carboxylic acids is 2. The van der Waals surface area contributed by atoms with Crippen LogP contribution in [0.3, 0.4) is 0 Å². The van der Waals surface area contributed by atoms with Crippen molar-refractivity contribution in [1.29, 1.82) is 0 Å². The quantitative estimate of drug-likeness (QED) is 0.657. The molecule has 2 amide bonds. The molecule has 148 valence electrons. The van der Waals surface area contributed by atoms with Gasteiger partial charge in [0.2, 0.25) is 5.91 Å². The number of ether oxygens (including phenoxy) is 1. The van der Waals surface area contributed by atoms with Crippen molar-refractivity contribution in [2.45, 2.75) is 31.9 Å². The van der Waals surface area contributed by atoms with Crippen LogP contribution in [0.1, 0.15) is 41.7 Å². The predicted octanol–water partition coefficient (Wildman–Crippen LogP) is 2.88. The van der Waals surface area contributed by atoms with Gasteiger partial charge in [0.15, 0.2) is 0 Å². The summed E-state index contributed by atoms with van der Waals surface area (Å²) in [5.74, 6) is -0.245. The summed E-state index contributed by atoms with van der Waals surface area (Å²) in [4.78, 5) is 24.5. The van der Waals surface area contributed by atoms with Crippen LogP contribution in [0.25, 0.3) is 0 Å². The van der Waals surface area contributed by atoms with Crippen LogP contribution in [-0.4, -0.2) is 37.6 Å². The maximum absolute atomic E-state index is 12.5. The molecular weight excluding hydrogens is 354 g/mol. The molecule has 2 atom stereocenters. The number of amides is 2. The zero-order valence-corrected chi connectivity index (χ0v) is 16.1. The maximum atomic E-state index is 12.5. The number of benzene rings is 2. The second-order valence-electron chi connectivity index (χ2n) is 6.98. The number of hydrogen-bond acceptors (Lipinski definition) is 4. The third-order valence-corrected chi connectivity index (χ3v) is 4.78. The number of rotatable bonds is 8. The zero-order chi connectivity index (χ0) is 19.8. The zero-order valence-electron chi connectivity index (χ0n) is 16.1. The molecular formula is C22H27N3O3. The Kier molecular flexibility index (Phi) is 7.03. The van der Waals surface area contributed by atoms with Gasteiger partial charge in [0.05, 0.1) is 18.7 Å². The van der Waals surface area contributed by atoms with Crippen molar-refractivity contribution in [2.75, 3.05) is 25.0 Å². The lowest BCUT2D eigenvalue weighted by Gasteiger charge is -2.15. The topological polar surface area (TPSA) is 79.5 Å². The molecule has 3 rings (SSSR count). The lowest BCUT2D eigenvalue weighted by atomic mass is 10.1. The van der Waals surface area contributed by atoms with Crippen molar-refractivity contribution in [3.63, 3.8) is 0 Å². The smallest absolute Gasteiger partial charge is 0.251 e. The second kappa shape index (κ2) is 9.90. The number of carbonyl (C=O) groups is 2. The summed E-state index contributed by atoms with van der Waals surface area (Å²) in [7, 11) is 0. The van der Waals surface area contributed by atoms with Crippen LogP contribution in [0.4, 0.5) is 5.69 Å². The number of nitrogens with one attached hydrogen (secondary N) is 3. The second-order valence-corrected chi connectivity index (χ2v) is 6.98. The Morgan fingerprint density at radius 2 is 1.96 bits per heavy atom. The molecule has 2 unspecified atom stereocenters. The standard InChI is InChI=1S/C22H27N3O3/c1-16(17-7-3-2-4-8-17)25-22(27)18-9-5-10-19(13-18)23-15-21(26)24-14-20-11-6-12-28-20/h2-5,7-10,13,16,20,23H,6,11-12,14-15H2,1H3,(H,24,26)(H,25,27). The van der Waals surface area contributed by atoms with Gasteiger partial charge >= 0.3 is 0 Å². The molecule has 3 N–H and O–H groups in total. The van der Waals surface area contributed by atoms with E-state index in [1.54, 1.807) is 18.2 Å². The normalized spacial score (nSPS) is 17.0. The summed E-state index contributed by atoms with van der Waals surface area (Å²) in [5, 5.41) is 8.93. The average Bonchev–Trinajstić information content (AvgIpc) is 3.25. The summed E-state index contributed by atoms with van der Waals surface area (Å²) < 4.78 is 5.49. The molecule has 6 nitrogen and oxygen atoms in total. The largest absolute Gasteiger partial charge is 0.376 e. The third kappa shape index (κ3) is 5.82. The Bertz CT molecular complexity index is 789. The van der Waals surface area contributed by atoms with E-state index >= 15 is 0 Å². The Hall–Kier alpha value is -2.86. The van der Waals surface area contributed by atoms with Gasteiger partial charge in [-0.2, -0.15) is 0 Å². The van der Waals surface area contributed by atoms with Crippen molar-refractivity contribution in [1.82, 2.24) is 10.6 Å². The van der Waals surface area contributed by atoms with Gasteiger partial charge in [-0.1, -0.05) is 36.4 Å². The van der Waals surface area contributed by atoms with Crippen LogP contribution < -0.4 is 16.0 Å². The van der Waals surface area contributed by atoms with Crippen LogP contribution in [0.5, 0.6) is 0 Å². The van der Waals surface area contributed by atoms with Gasteiger partial charge in [-0.3, -0.25) is 9.59 Å². The number of hydrogen-bond donors (Lipinski definition) is 3. The van der Waals surface area contributed by atoms with Gasteiger partial charge in [0, 0.05) is 24.4 Å². The van der Waals surface area contributed by atoms with E-state index in [0.29, 0.717) is 12.1 Å². The first kappa shape index (κ1) is 19.9. The molecule has 1 aliphatic heterocycles. The Labute approximate surface area is 165 Å². The summed E-state index contributed by atoms with van der Waals surface area (Å²) >= 11 is 0. The van der Waals surface area contributed by atoms with Crippen LogP contribution in [0, 0.1) is 0 Å². The van der Waals surface area contributed by atoms with Crippen molar-refractivity contribution < 1.29 is 14.3 Å². The van der Waals surface area contributed by atoms with Crippen molar-refractivity contribution >= 4 is 17.5 Å². The molecule has 0 radical (unpaired) electrons. The van der Waals surface area contributed by atoms with Gasteiger partial charge in [0.25, 0.3) is 5.91 Å². The van der Waals surface area contributed by atoms with E-state index in [1.165, 1.54) is 0 Å². The highest BCUT2D eigenvalue weighted by Crippen LogP contribution is 2.15. The fourth-order valence-electron chi connectivity index (χ4n) is 3.15. The SMILES string of the molecule is CC(NC(=O)c1cccc(NCC(=O)NCC2CCCO2)c1)c1ccccc1. The molecule has 2 aromatic carbocycles. The van der Waals surface area contributed by atoms with Crippen molar-refractivity contribution in [2.24, 2.45) is 0 Å². The fourth-order valence-corrected chi connectivity index (χ4v) is 3.15. The Morgan fingerprint density at radius 1 is 1.14 bits per heavy atom. The highest BCUT2D eigenvalue weighted by atomic mass is 16.5. The van der Waals surface area contributed by atoms with Crippen LogP contribution in [0.15, 0.2) is 54.6 Å². The third-order valence-electron chi connectivity index (χ3n) is 4.78. The van der Waals surface area contributed by atoms with Crippen LogP contribution >= 0.6 is 0 Å². The van der Waals surface area contributed by atoms with E-state index in [0.717, 1.165) is 30.7 Å². The summed E-state index contributed by atoms with van der Waals surface area (Å²) in [6.07, 6.45) is 2.17. The van der Waals surface area contributed by atoms with Crippen molar-refractivity contribution in [3.8, 4) is 0 Å². The molecule has 2 aromatic rings. The first-order valence-electron chi connectivity index (χ1n) is 9.70. The lowest BCUT2D eigenvalue weighted by molar-refractivity contribution is -0.119. The minimum atomic E-state index is -0.150. The minimum Gasteiger partial charge on any atom is -0.376 e. The maximum Gasteiger partial charge on any atom is 0.251 e. The van der Waals surface area contributed by atoms with E-state index in [4.69, 9.17) is 4.74 Å². The Balaban J connectivity index is 1.48. The molecule has 0 aliphatic carbocycles. The van der Waals surface area contributed by atoms with E-state index in [2.05, 4.69) is 16.0 Å². The van der Waals surface area contributed by atoms with E-state index in [-0.39, 0.29) is 30.5 Å². The molecule has 1 heterocycles. The summed E-state index contributed by atoms with van der Waals surface area (Å²) in [6, 6.07) is 16.9. The molecule has 28 heavy (non-hydrogen) atoms. The van der Waals surface area contributed by atoms with Crippen molar-refractivity contribution in [3.05, 3.63) is 65.7 Å². The van der Waals surface area contributed by atoms with Gasteiger partial charge < -0.3 is 20.7 Å². The first-order valence-corrected chi connectivity index (χ1v) is 9.70. The molecule has 0 aromatic heterocycles. The minimum absolute atomic E-state index is 0.0890. The van der Waals surface area contributed by atoms with Gasteiger partial charge in [-0.25, -0.2) is 0 Å². The predicted molar refractivity (Wildman–Crippen MR) is 109 cm³/mol. The summed E-state index contributed by atoms with van der Waals surface area (Å²) in [6.45, 7) is 3.42. The molecule has 6 heteroatoms. The number of anilines is 1. The van der Waals surface area contributed by atoms with E-state index in [1.807, 2.05) is 43.3 Å². The van der Waals surface area contributed by atoms with Crippen LogP contribution in [-0.2, 0) is 9.53 Å². The lowest BCUT2D eigenvalue weighted by Crippen LogP contribution is -2.35. The molecule has 1 saturated heterocycles. The summed E-state index contributed by atoms with van der Waals surface area (Å²) in [5.41, 5.74) is 2.33. The van der Waals surface area contributed by atoms with Gasteiger partial charge in [0.1, 0.15) is 0 Å². The highest BCUT2D eigenvalue weighted by molar-refractivity contribution is 5.95. The first-order chi connectivity index (χ1) is 13.6. The van der Waals surface area contributed by atoms with E-state index < -0.39 is 0 Å². The monoisotopic (exact) mass is 381 g/mol. The molecule has 1 aliphatic rings. The molecule has 0 spiro atoms. The molecule has 0 bridgehead atoms. The Morgan fingerprint density at radius 3 is 2.71 bits per heavy atom. The van der Waals surface area contributed by atoms with Gasteiger partial charge in [-0.05, 0) is 43.5 Å². The van der Waals surface area contributed by atoms with E-state index in [9.17, 15) is 9.59 Å². The van der Waals surface area contributed by atoms with Gasteiger partial charge in [-0.15, -0.1) is 0 Å². The fraction of sp³-hybridized carbons (Fsp3) is 0.364. The highest BCUT2D eigenvalue weighted by Gasteiger charge is 2.16. The van der Waals surface area contributed by atoms with Crippen LogP contribution in [0.2, 0.25) is 0 Å². The average molecular weight is 381 g/mol. The molecule has 1 fully saturated rings. The molecule has 0 saturated carbocycles.